The number of aryl methyl sites for hydroxylation is 2. The Balaban J connectivity index is 1.92. The van der Waals surface area contributed by atoms with Crippen molar-refractivity contribution in [2.75, 3.05) is 26.2 Å². The van der Waals surface area contributed by atoms with Crippen LogP contribution < -0.4 is 10.6 Å². The number of hydrogen-bond donors (Lipinski definition) is 2. The molecule has 0 amide bonds. The molecule has 0 radical (unpaired) electrons. The summed E-state index contributed by atoms with van der Waals surface area (Å²) >= 11 is 0. The van der Waals surface area contributed by atoms with E-state index >= 15 is 0 Å². The smallest absolute Gasteiger partial charge is 0.191 e. The molecule has 1 aromatic rings. The number of aliphatic imine (C=N–C) groups is 1. The molecule has 1 aliphatic heterocycles. The van der Waals surface area contributed by atoms with E-state index in [1.807, 2.05) is 11.7 Å². The summed E-state index contributed by atoms with van der Waals surface area (Å²) in [6.45, 7) is 16.0. The van der Waals surface area contributed by atoms with E-state index in [1.54, 1.807) is 0 Å². The molecule has 2 rings (SSSR count). The first kappa shape index (κ1) is 19.8. The normalized spacial score (nSPS) is 17.3. The Bertz CT molecular complexity index is 567. The van der Waals surface area contributed by atoms with E-state index in [9.17, 15) is 0 Å². The average molecular weight is 349 g/mol. The molecule has 0 saturated carbocycles. The summed E-state index contributed by atoms with van der Waals surface area (Å²) in [5.41, 5.74) is 3.49. The van der Waals surface area contributed by atoms with Gasteiger partial charge in [0.25, 0.3) is 0 Å². The van der Waals surface area contributed by atoms with Gasteiger partial charge in [0.15, 0.2) is 5.96 Å². The second-order valence-electron chi connectivity index (χ2n) is 7.58. The molecule has 1 fully saturated rings. The number of hydrogen-bond acceptors (Lipinski definition) is 3. The van der Waals surface area contributed by atoms with Crippen LogP contribution in [0.3, 0.4) is 0 Å². The molecule has 0 spiro atoms. The first-order valence-electron chi connectivity index (χ1n) is 9.67. The van der Waals surface area contributed by atoms with E-state index in [4.69, 9.17) is 4.99 Å². The van der Waals surface area contributed by atoms with E-state index in [1.165, 1.54) is 43.7 Å². The fourth-order valence-corrected chi connectivity index (χ4v) is 3.49. The number of guanidine groups is 1. The van der Waals surface area contributed by atoms with Crippen molar-refractivity contribution in [3.63, 3.8) is 0 Å². The van der Waals surface area contributed by atoms with Gasteiger partial charge in [0, 0.05) is 50.5 Å². The zero-order valence-electron chi connectivity index (χ0n) is 16.9. The second kappa shape index (κ2) is 9.22. The topological polar surface area (TPSA) is 57.5 Å². The van der Waals surface area contributed by atoms with Gasteiger partial charge in [-0.15, -0.1) is 0 Å². The van der Waals surface area contributed by atoms with Gasteiger partial charge in [0.1, 0.15) is 0 Å². The maximum Gasteiger partial charge on any atom is 0.191 e. The monoisotopic (exact) mass is 348 g/mol. The Morgan fingerprint density at radius 3 is 2.48 bits per heavy atom. The van der Waals surface area contributed by atoms with Gasteiger partial charge >= 0.3 is 0 Å². The van der Waals surface area contributed by atoms with E-state index in [0.717, 1.165) is 24.1 Å². The quantitative estimate of drug-likeness (QED) is 0.611. The van der Waals surface area contributed by atoms with Crippen LogP contribution in [0.5, 0.6) is 0 Å². The SMILES string of the molecule is CCNC(=NCc1c(C)nn(C)c1C)NC1CCN(CC(C)C)CC1. The lowest BCUT2D eigenvalue weighted by molar-refractivity contribution is 0.187. The lowest BCUT2D eigenvalue weighted by atomic mass is 10.0. The molecule has 2 heterocycles. The predicted molar refractivity (Wildman–Crippen MR) is 105 cm³/mol. The molecule has 142 valence electrons. The van der Waals surface area contributed by atoms with Crippen molar-refractivity contribution in [3.05, 3.63) is 17.0 Å². The largest absolute Gasteiger partial charge is 0.357 e. The molecule has 0 bridgehead atoms. The van der Waals surface area contributed by atoms with Gasteiger partial charge < -0.3 is 15.5 Å². The number of likely N-dealkylation sites (tertiary alicyclic amines) is 1. The molecule has 1 aliphatic rings. The number of aromatic nitrogens is 2. The summed E-state index contributed by atoms with van der Waals surface area (Å²) in [5.74, 6) is 1.67. The Hall–Kier alpha value is -1.56. The molecule has 0 aliphatic carbocycles. The van der Waals surface area contributed by atoms with Crippen LogP contribution in [0.25, 0.3) is 0 Å². The Kier molecular flexibility index (Phi) is 7.29. The van der Waals surface area contributed by atoms with Crippen LogP contribution in [0.1, 0.15) is 50.6 Å². The van der Waals surface area contributed by atoms with Gasteiger partial charge in [-0.05, 0) is 39.5 Å². The lowest BCUT2D eigenvalue weighted by Gasteiger charge is -2.34. The third-order valence-corrected chi connectivity index (χ3v) is 4.95. The summed E-state index contributed by atoms with van der Waals surface area (Å²) in [7, 11) is 1.99. The maximum absolute atomic E-state index is 4.81. The standard InChI is InChI=1S/C19H36N6/c1-7-20-19(21-12-18-15(4)23-24(6)16(18)5)22-17-8-10-25(11-9-17)13-14(2)3/h14,17H,7-13H2,1-6H3,(H2,20,21,22). The van der Waals surface area contributed by atoms with E-state index in [-0.39, 0.29) is 0 Å². The maximum atomic E-state index is 4.81. The minimum Gasteiger partial charge on any atom is -0.357 e. The molecular formula is C19H36N6. The lowest BCUT2D eigenvalue weighted by Crippen LogP contribution is -2.49. The highest BCUT2D eigenvalue weighted by molar-refractivity contribution is 5.80. The highest BCUT2D eigenvalue weighted by atomic mass is 15.3. The van der Waals surface area contributed by atoms with Gasteiger partial charge in [-0.3, -0.25) is 4.68 Å². The van der Waals surface area contributed by atoms with Crippen molar-refractivity contribution >= 4 is 5.96 Å². The van der Waals surface area contributed by atoms with Gasteiger partial charge in [-0.25, -0.2) is 4.99 Å². The highest BCUT2D eigenvalue weighted by Crippen LogP contribution is 2.14. The second-order valence-corrected chi connectivity index (χ2v) is 7.58. The van der Waals surface area contributed by atoms with Gasteiger partial charge in [0.05, 0.1) is 12.2 Å². The van der Waals surface area contributed by atoms with Crippen molar-refractivity contribution < 1.29 is 0 Å². The number of nitrogens with zero attached hydrogens (tertiary/aromatic N) is 4. The molecule has 6 nitrogen and oxygen atoms in total. The predicted octanol–water partition coefficient (Wildman–Crippen LogP) is 2.21. The summed E-state index contributed by atoms with van der Waals surface area (Å²) in [5, 5.41) is 11.5. The first-order valence-corrected chi connectivity index (χ1v) is 9.67. The van der Waals surface area contributed by atoms with Crippen LogP contribution in [0.4, 0.5) is 0 Å². The van der Waals surface area contributed by atoms with Gasteiger partial charge in [0.2, 0.25) is 0 Å². The summed E-state index contributed by atoms with van der Waals surface area (Å²) < 4.78 is 1.94. The fourth-order valence-electron chi connectivity index (χ4n) is 3.49. The molecule has 0 aromatic carbocycles. The van der Waals surface area contributed by atoms with Gasteiger partial charge in [-0.1, -0.05) is 13.8 Å². The third-order valence-electron chi connectivity index (χ3n) is 4.95. The van der Waals surface area contributed by atoms with Crippen molar-refractivity contribution in [1.29, 1.82) is 0 Å². The molecule has 1 saturated heterocycles. The Labute approximate surface area is 153 Å². The first-order chi connectivity index (χ1) is 11.9. The average Bonchev–Trinajstić information content (AvgIpc) is 2.79. The molecule has 2 N–H and O–H groups in total. The molecule has 6 heteroatoms. The Morgan fingerprint density at radius 1 is 1.28 bits per heavy atom. The van der Waals surface area contributed by atoms with Crippen molar-refractivity contribution in [2.45, 2.75) is 60.0 Å². The minimum absolute atomic E-state index is 0.511. The van der Waals surface area contributed by atoms with Gasteiger partial charge in [-0.2, -0.15) is 5.10 Å². The zero-order valence-corrected chi connectivity index (χ0v) is 16.9. The number of rotatable bonds is 6. The van der Waals surface area contributed by atoms with Crippen LogP contribution in [0.15, 0.2) is 4.99 Å². The van der Waals surface area contributed by atoms with Crippen LogP contribution in [-0.2, 0) is 13.6 Å². The zero-order chi connectivity index (χ0) is 18.4. The third kappa shape index (κ3) is 5.73. The van der Waals surface area contributed by atoms with Crippen LogP contribution in [0, 0.1) is 19.8 Å². The molecule has 1 aromatic heterocycles. The molecular weight excluding hydrogens is 312 g/mol. The van der Waals surface area contributed by atoms with Crippen LogP contribution >= 0.6 is 0 Å². The van der Waals surface area contributed by atoms with Crippen LogP contribution in [-0.4, -0.2) is 52.9 Å². The van der Waals surface area contributed by atoms with Crippen molar-refractivity contribution in [1.82, 2.24) is 25.3 Å². The molecule has 25 heavy (non-hydrogen) atoms. The fraction of sp³-hybridized carbons (Fsp3) is 0.789. The summed E-state index contributed by atoms with van der Waals surface area (Å²) in [4.78, 5) is 7.39. The highest BCUT2D eigenvalue weighted by Gasteiger charge is 2.20. The van der Waals surface area contributed by atoms with E-state index in [0.29, 0.717) is 12.6 Å². The minimum atomic E-state index is 0.511. The Morgan fingerprint density at radius 2 is 1.96 bits per heavy atom. The van der Waals surface area contributed by atoms with E-state index < -0.39 is 0 Å². The molecule has 0 atom stereocenters. The summed E-state index contributed by atoms with van der Waals surface area (Å²) in [6, 6.07) is 0.511. The number of piperidine rings is 1. The summed E-state index contributed by atoms with van der Waals surface area (Å²) in [6.07, 6.45) is 2.37. The van der Waals surface area contributed by atoms with Crippen molar-refractivity contribution in [3.8, 4) is 0 Å². The van der Waals surface area contributed by atoms with E-state index in [2.05, 4.69) is 55.3 Å². The molecule has 0 unspecified atom stereocenters. The number of nitrogens with one attached hydrogen (secondary N) is 2. The van der Waals surface area contributed by atoms with Crippen LogP contribution in [0.2, 0.25) is 0 Å². The van der Waals surface area contributed by atoms with Crippen molar-refractivity contribution in [2.24, 2.45) is 18.0 Å².